The molecule has 1 aliphatic carbocycles. The average Bonchev–Trinajstić information content (AvgIpc) is 2.47. The van der Waals surface area contributed by atoms with E-state index in [9.17, 15) is 5.11 Å². The first kappa shape index (κ1) is 9.79. The molecule has 0 aliphatic heterocycles. The number of allylic oxidation sites excluding steroid dienone is 1. The van der Waals surface area contributed by atoms with E-state index in [0.29, 0.717) is 0 Å². The highest BCUT2D eigenvalue weighted by atomic mass is 16.3. The molecule has 0 aromatic heterocycles. The van der Waals surface area contributed by atoms with Gasteiger partial charge in [-0.3, -0.25) is 0 Å². The monoisotopic (exact) mass is 168 g/mol. The molecule has 1 aliphatic rings. The summed E-state index contributed by atoms with van der Waals surface area (Å²) in [6.45, 7) is 2.18. The molecule has 0 bridgehead atoms. The van der Waals surface area contributed by atoms with Crippen LogP contribution >= 0.6 is 0 Å². The molecule has 0 aromatic carbocycles. The molecule has 1 N–H and O–H groups in total. The lowest BCUT2D eigenvalue weighted by molar-refractivity contribution is 0.0509. The zero-order valence-electron chi connectivity index (χ0n) is 8.05. The Bertz CT molecular complexity index is 143. The summed E-state index contributed by atoms with van der Waals surface area (Å²) in [7, 11) is 0. The normalized spacial score (nSPS) is 22.2. The summed E-state index contributed by atoms with van der Waals surface area (Å²) in [6.07, 6.45) is 12.0. The molecule has 0 saturated heterocycles. The van der Waals surface area contributed by atoms with Gasteiger partial charge in [-0.15, -0.1) is 0 Å². The van der Waals surface area contributed by atoms with E-state index in [1.54, 1.807) is 0 Å². The van der Waals surface area contributed by atoms with E-state index in [-0.39, 0.29) is 5.60 Å². The molecule has 0 atom stereocenters. The average molecular weight is 168 g/mol. The lowest BCUT2D eigenvalue weighted by Gasteiger charge is -2.19. The third kappa shape index (κ3) is 2.98. The number of hydrogen-bond acceptors (Lipinski definition) is 1. The zero-order valence-corrected chi connectivity index (χ0v) is 8.05. The number of rotatable bonds is 4. The van der Waals surface area contributed by atoms with Crippen LogP contribution in [0.1, 0.15) is 51.9 Å². The van der Waals surface area contributed by atoms with Crippen LogP contribution in [0.15, 0.2) is 12.2 Å². The predicted octanol–water partition coefficient (Wildman–Crippen LogP) is 3.04. The third-order valence-electron chi connectivity index (χ3n) is 2.65. The lowest BCUT2D eigenvalue weighted by Crippen LogP contribution is -2.22. The second-order valence-corrected chi connectivity index (χ2v) is 3.90. The zero-order chi connectivity index (χ0) is 8.86. The largest absolute Gasteiger partial charge is 0.390 e. The Kier molecular flexibility index (Phi) is 3.80. The fourth-order valence-corrected chi connectivity index (χ4v) is 1.82. The van der Waals surface area contributed by atoms with Gasteiger partial charge in [-0.1, -0.05) is 38.3 Å². The van der Waals surface area contributed by atoms with Crippen molar-refractivity contribution in [1.29, 1.82) is 0 Å². The summed E-state index contributed by atoms with van der Waals surface area (Å²) in [4.78, 5) is 0. The number of aliphatic hydroxyl groups is 1. The van der Waals surface area contributed by atoms with Crippen molar-refractivity contribution >= 4 is 0 Å². The van der Waals surface area contributed by atoms with Crippen LogP contribution in [0.25, 0.3) is 0 Å². The van der Waals surface area contributed by atoms with Gasteiger partial charge in [-0.2, -0.15) is 0 Å². The van der Waals surface area contributed by atoms with E-state index < -0.39 is 0 Å². The van der Waals surface area contributed by atoms with Gasteiger partial charge in [0.2, 0.25) is 0 Å². The molecule has 1 heteroatoms. The van der Waals surface area contributed by atoms with Gasteiger partial charge < -0.3 is 5.11 Å². The summed E-state index contributed by atoms with van der Waals surface area (Å²) >= 11 is 0. The topological polar surface area (TPSA) is 20.2 Å². The van der Waals surface area contributed by atoms with E-state index in [0.717, 1.165) is 25.7 Å². The smallest absolute Gasteiger partial charge is 0.0682 e. The van der Waals surface area contributed by atoms with Crippen LogP contribution in [-0.4, -0.2) is 10.7 Å². The molecular formula is C11H20O. The van der Waals surface area contributed by atoms with Gasteiger partial charge in [0.05, 0.1) is 5.60 Å². The minimum absolute atomic E-state index is 0.343. The Hall–Kier alpha value is -0.300. The van der Waals surface area contributed by atoms with Gasteiger partial charge in [-0.25, -0.2) is 0 Å². The molecule has 70 valence electrons. The van der Waals surface area contributed by atoms with Crippen molar-refractivity contribution in [2.75, 3.05) is 0 Å². The van der Waals surface area contributed by atoms with Crippen molar-refractivity contribution in [2.24, 2.45) is 0 Å². The Balaban J connectivity index is 2.20. The number of hydrogen-bond donors (Lipinski definition) is 1. The van der Waals surface area contributed by atoms with E-state index in [2.05, 4.69) is 19.1 Å². The van der Waals surface area contributed by atoms with Crippen molar-refractivity contribution in [3.05, 3.63) is 12.2 Å². The van der Waals surface area contributed by atoms with E-state index in [1.807, 2.05) is 0 Å². The lowest BCUT2D eigenvalue weighted by atomic mass is 9.98. The molecule has 0 heterocycles. The molecule has 0 spiro atoms. The Morgan fingerprint density at radius 3 is 2.50 bits per heavy atom. The first-order valence-corrected chi connectivity index (χ1v) is 5.14. The van der Waals surface area contributed by atoms with Crippen LogP contribution in [0.4, 0.5) is 0 Å². The van der Waals surface area contributed by atoms with E-state index >= 15 is 0 Å². The highest BCUT2D eigenvalue weighted by Gasteiger charge is 2.29. The predicted molar refractivity (Wildman–Crippen MR) is 52.1 cm³/mol. The molecule has 0 radical (unpaired) electrons. The fourth-order valence-electron chi connectivity index (χ4n) is 1.82. The Morgan fingerprint density at radius 1 is 1.25 bits per heavy atom. The summed E-state index contributed by atoms with van der Waals surface area (Å²) in [5, 5.41) is 9.94. The van der Waals surface area contributed by atoms with Gasteiger partial charge >= 0.3 is 0 Å². The summed E-state index contributed by atoms with van der Waals surface area (Å²) in [5.74, 6) is 0. The van der Waals surface area contributed by atoms with Crippen LogP contribution in [-0.2, 0) is 0 Å². The highest BCUT2D eigenvalue weighted by molar-refractivity contribution is 4.93. The number of unbranched alkanes of at least 4 members (excludes halogenated alkanes) is 1. The van der Waals surface area contributed by atoms with E-state index in [1.165, 1.54) is 19.3 Å². The first-order valence-electron chi connectivity index (χ1n) is 5.14. The molecule has 1 rings (SSSR count). The second kappa shape index (κ2) is 4.66. The van der Waals surface area contributed by atoms with Crippen molar-refractivity contribution < 1.29 is 5.11 Å². The SMILES string of the molecule is CCC/C=C/CC1(O)CCCC1. The molecule has 1 fully saturated rings. The van der Waals surface area contributed by atoms with Gasteiger partial charge in [0.25, 0.3) is 0 Å². The molecule has 12 heavy (non-hydrogen) atoms. The van der Waals surface area contributed by atoms with Crippen LogP contribution in [0.5, 0.6) is 0 Å². The van der Waals surface area contributed by atoms with Gasteiger partial charge in [-0.05, 0) is 25.7 Å². The third-order valence-corrected chi connectivity index (χ3v) is 2.65. The van der Waals surface area contributed by atoms with Gasteiger partial charge in [0.15, 0.2) is 0 Å². The molecule has 0 amide bonds. The maximum absolute atomic E-state index is 9.94. The molecule has 1 saturated carbocycles. The molecule has 1 nitrogen and oxygen atoms in total. The van der Waals surface area contributed by atoms with Crippen molar-refractivity contribution in [2.45, 2.75) is 57.5 Å². The van der Waals surface area contributed by atoms with Crippen molar-refractivity contribution in [3.8, 4) is 0 Å². The summed E-state index contributed by atoms with van der Waals surface area (Å²) in [5.41, 5.74) is -0.343. The Morgan fingerprint density at radius 2 is 1.92 bits per heavy atom. The van der Waals surface area contributed by atoms with Gasteiger partial charge in [0.1, 0.15) is 0 Å². The van der Waals surface area contributed by atoms with Crippen LogP contribution in [0.2, 0.25) is 0 Å². The fraction of sp³-hybridized carbons (Fsp3) is 0.818. The molecule has 0 unspecified atom stereocenters. The Labute approximate surface area is 75.5 Å². The first-order chi connectivity index (χ1) is 5.77. The summed E-state index contributed by atoms with van der Waals surface area (Å²) < 4.78 is 0. The van der Waals surface area contributed by atoms with E-state index in [4.69, 9.17) is 0 Å². The van der Waals surface area contributed by atoms with Crippen molar-refractivity contribution in [3.63, 3.8) is 0 Å². The minimum Gasteiger partial charge on any atom is -0.390 e. The molecular weight excluding hydrogens is 148 g/mol. The van der Waals surface area contributed by atoms with Crippen LogP contribution in [0, 0.1) is 0 Å². The standard InChI is InChI=1S/C11H20O/c1-2-3-4-5-8-11(12)9-6-7-10-11/h4-5,12H,2-3,6-10H2,1H3/b5-4+. The second-order valence-electron chi connectivity index (χ2n) is 3.90. The van der Waals surface area contributed by atoms with Crippen LogP contribution < -0.4 is 0 Å². The molecule has 0 aromatic rings. The van der Waals surface area contributed by atoms with Gasteiger partial charge in [0, 0.05) is 0 Å². The van der Waals surface area contributed by atoms with Crippen molar-refractivity contribution in [1.82, 2.24) is 0 Å². The van der Waals surface area contributed by atoms with Crippen LogP contribution in [0.3, 0.4) is 0 Å². The summed E-state index contributed by atoms with van der Waals surface area (Å²) in [6, 6.07) is 0. The highest BCUT2D eigenvalue weighted by Crippen LogP contribution is 2.32. The maximum atomic E-state index is 9.94. The minimum atomic E-state index is -0.343. The maximum Gasteiger partial charge on any atom is 0.0682 e. The quantitative estimate of drug-likeness (QED) is 0.640.